The highest BCUT2D eigenvalue weighted by atomic mass is 16.7. The van der Waals surface area contributed by atoms with Crippen LogP contribution in [0.2, 0.25) is 0 Å². The van der Waals surface area contributed by atoms with Gasteiger partial charge in [-0.2, -0.15) is 0 Å². The normalized spacial score (nSPS) is 23.7. The maximum atomic E-state index is 13.2. The molecule has 2 aliphatic heterocycles. The van der Waals surface area contributed by atoms with Crippen molar-refractivity contribution in [3.63, 3.8) is 0 Å². The molecular weight excluding hydrogens is 430 g/mol. The number of carbonyl (C=O) groups is 4. The van der Waals surface area contributed by atoms with Crippen LogP contribution >= 0.6 is 0 Å². The number of carbonyl (C=O) groups excluding carboxylic acids is 3. The van der Waals surface area contributed by atoms with Gasteiger partial charge in [-0.3, -0.25) is 14.4 Å². The van der Waals surface area contributed by atoms with Crippen molar-refractivity contribution in [3.05, 3.63) is 35.9 Å². The lowest BCUT2D eigenvalue weighted by Crippen LogP contribution is -2.58. The van der Waals surface area contributed by atoms with E-state index in [1.807, 2.05) is 30.3 Å². The van der Waals surface area contributed by atoms with Crippen LogP contribution in [0, 0.1) is 5.41 Å². The van der Waals surface area contributed by atoms with E-state index < -0.39 is 53.7 Å². The molecule has 180 valence electrons. The number of nitrogens with one attached hydrogen (secondary N) is 2. The van der Waals surface area contributed by atoms with E-state index in [1.54, 1.807) is 20.8 Å². The summed E-state index contributed by atoms with van der Waals surface area (Å²) in [5.74, 6) is -1.34. The first-order valence-corrected chi connectivity index (χ1v) is 11.0. The van der Waals surface area contributed by atoms with E-state index in [2.05, 4.69) is 10.6 Å². The first-order valence-electron chi connectivity index (χ1n) is 11.0. The number of rotatable bonds is 7. The lowest BCUT2D eigenvalue weighted by molar-refractivity contribution is -0.168. The number of cyclic esters (lactones) is 1. The first-order chi connectivity index (χ1) is 15.6. The molecule has 0 radical (unpaired) electrons. The van der Waals surface area contributed by atoms with E-state index in [9.17, 15) is 19.2 Å². The van der Waals surface area contributed by atoms with Gasteiger partial charge in [0.15, 0.2) is 0 Å². The van der Waals surface area contributed by atoms with Crippen molar-refractivity contribution in [2.24, 2.45) is 5.41 Å². The summed E-state index contributed by atoms with van der Waals surface area (Å²) >= 11 is 0. The van der Waals surface area contributed by atoms with E-state index in [0.717, 1.165) is 5.56 Å². The van der Waals surface area contributed by atoms with Gasteiger partial charge in [-0.1, -0.05) is 51.1 Å². The Hall–Kier alpha value is -3.14. The van der Waals surface area contributed by atoms with Gasteiger partial charge in [-0.25, -0.2) is 4.79 Å². The molecule has 0 aromatic heterocycles. The third-order valence-corrected chi connectivity index (χ3v) is 5.77. The second-order valence-electron chi connectivity index (χ2n) is 9.41. The fraction of sp³-hybridized carbons (Fsp3) is 0.565. The van der Waals surface area contributed by atoms with Crippen molar-refractivity contribution in [1.82, 2.24) is 15.5 Å². The van der Waals surface area contributed by atoms with Crippen molar-refractivity contribution in [2.75, 3.05) is 6.54 Å². The van der Waals surface area contributed by atoms with Crippen LogP contribution in [-0.4, -0.2) is 64.8 Å². The van der Waals surface area contributed by atoms with Gasteiger partial charge in [0.05, 0.1) is 13.0 Å². The van der Waals surface area contributed by atoms with Gasteiger partial charge in [0, 0.05) is 6.54 Å². The highest BCUT2D eigenvalue weighted by molar-refractivity contribution is 5.92. The topological polar surface area (TPSA) is 134 Å². The van der Waals surface area contributed by atoms with Crippen molar-refractivity contribution in [1.29, 1.82) is 0 Å². The predicted molar refractivity (Wildman–Crippen MR) is 117 cm³/mol. The van der Waals surface area contributed by atoms with E-state index >= 15 is 0 Å². The maximum Gasteiger partial charge on any atom is 0.405 e. The molecular formula is C23H31N3O7. The van der Waals surface area contributed by atoms with Crippen molar-refractivity contribution >= 4 is 23.9 Å². The Balaban J connectivity index is 1.65. The Morgan fingerprint density at radius 3 is 2.58 bits per heavy atom. The Labute approximate surface area is 192 Å². The van der Waals surface area contributed by atoms with Crippen LogP contribution in [-0.2, 0) is 30.5 Å². The Morgan fingerprint density at radius 2 is 1.94 bits per heavy atom. The van der Waals surface area contributed by atoms with Crippen LogP contribution in [0.5, 0.6) is 0 Å². The molecule has 2 heterocycles. The van der Waals surface area contributed by atoms with Crippen molar-refractivity contribution in [3.8, 4) is 0 Å². The van der Waals surface area contributed by atoms with Gasteiger partial charge < -0.3 is 30.1 Å². The lowest BCUT2D eigenvalue weighted by Gasteiger charge is -2.35. The summed E-state index contributed by atoms with van der Waals surface area (Å²) < 4.78 is 11.0. The number of benzene rings is 1. The molecule has 3 N–H and O–H groups in total. The second kappa shape index (κ2) is 10.2. The summed E-state index contributed by atoms with van der Waals surface area (Å²) in [6.45, 7) is 5.83. The molecule has 2 aliphatic rings. The molecule has 3 rings (SSSR count). The Kier molecular flexibility index (Phi) is 7.57. The SMILES string of the molecule is CC(C)(C)C(NC(=O)O)C(=O)N1CCCC1C(=O)NC1CC(=O)OC1OCc1ccccc1. The van der Waals surface area contributed by atoms with Gasteiger partial charge in [0.2, 0.25) is 18.1 Å². The van der Waals surface area contributed by atoms with Gasteiger partial charge in [-0.15, -0.1) is 0 Å². The molecule has 2 fully saturated rings. The van der Waals surface area contributed by atoms with Crippen LogP contribution in [0.1, 0.15) is 45.6 Å². The maximum absolute atomic E-state index is 13.2. The second-order valence-corrected chi connectivity index (χ2v) is 9.41. The van der Waals surface area contributed by atoms with Gasteiger partial charge in [0.25, 0.3) is 0 Å². The zero-order valence-electron chi connectivity index (χ0n) is 19.1. The monoisotopic (exact) mass is 461 g/mol. The van der Waals surface area contributed by atoms with Crippen molar-refractivity contribution in [2.45, 2.75) is 71.1 Å². The number of ether oxygens (including phenoxy) is 2. The summed E-state index contributed by atoms with van der Waals surface area (Å²) in [7, 11) is 0. The molecule has 0 saturated carbocycles. The average molecular weight is 462 g/mol. The minimum Gasteiger partial charge on any atom is -0.465 e. The number of amides is 3. The van der Waals surface area contributed by atoms with E-state index in [4.69, 9.17) is 14.6 Å². The molecule has 0 aliphatic carbocycles. The number of esters is 1. The van der Waals surface area contributed by atoms with E-state index in [1.165, 1.54) is 4.90 Å². The molecule has 1 aromatic carbocycles. The molecule has 1 aromatic rings. The largest absolute Gasteiger partial charge is 0.465 e. The van der Waals surface area contributed by atoms with Crippen LogP contribution in [0.25, 0.3) is 0 Å². The minimum absolute atomic E-state index is 0.0307. The highest BCUT2D eigenvalue weighted by Gasteiger charge is 2.44. The molecule has 33 heavy (non-hydrogen) atoms. The molecule has 0 bridgehead atoms. The van der Waals surface area contributed by atoms with E-state index in [-0.39, 0.29) is 13.0 Å². The lowest BCUT2D eigenvalue weighted by atomic mass is 9.85. The summed E-state index contributed by atoms with van der Waals surface area (Å²) in [6, 6.07) is 6.94. The third-order valence-electron chi connectivity index (χ3n) is 5.77. The summed E-state index contributed by atoms with van der Waals surface area (Å²) in [6.07, 6.45) is -1.20. The van der Waals surface area contributed by atoms with E-state index in [0.29, 0.717) is 19.4 Å². The number of nitrogens with zero attached hydrogens (tertiary/aromatic N) is 1. The number of likely N-dealkylation sites (tertiary alicyclic amines) is 1. The minimum atomic E-state index is -1.30. The van der Waals surface area contributed by atoms with Crippen LogP contribution < -0.4 is 10.6 Å². The fourth-order valence-corrected chi connectivity index (χ4v) is 4.08. The van der Waals surface area contributed by atoms with Crippen molar-refractivity contribution < 1.29 is 33.8 Å². The van der Waals surface area contributed by atoms with Crippen LogP contribution in [0.3, 0.4) is 0 Å². The molecule has 4 unspecified atom stereocenters. The first kappa shape index (κ1) is 24.5. The quantitative estimate of drug-likeness (QED) is 0.526. The Morgan fingerprint density at radius 1 is 1.24 bits per heavy atom. The molecule has 0 spiro atoms. The molecule has 2 saturated heterocycles. The molecule has 10 heteroatoms. The zero-order valence-corrected chi connectivity index (χ0v) is 19.1. The van der Waals surface area contributed by atoms with Crippen LogP contribution in [0.4, 0.5) is 4.79 Å². The Bertz CT molecular complexity index is 884. The van der Waals surface area contributed by atoms with Gasteiger partial charge in [-0.05, 0) is 23.8 Å². The van der Waals surface area contributed by atoms with Gasteiger partial charge in [0.1, 0.15) is 18.1 Å². The smallest absolute Gasteiger partial charge is 0.405 e. The summed E-state index contributed by atoms with van der Waals surface area (Å²) in [5.41, 5.74) is 0.221. The zero-order chi connectivity index (χ0) is 24.2. The number of hydrogen-bond donors (Lipinski definition) is 3. The highest BCUT2D eigenvalue weighted by Crippen LogP contribution is 2.26. The summed E-state index contributed by atoms with van der Waals surface area (Å²) in [4.78, 5) is 50.8. The fourth-order valence-electron chi connectivity index (χ4n) is 4.08. The molecule has 3 amide bonds. The van der Waals surface area contributed by atoms with Gasteiger partial charge >= 0.3 is 12.1 Å². The molecule has 4 atom stereocenters. The average Bonchev–Trinajstić information content (AvgIpc) is 3.36. The standard InChI is InChI=1S/C23H31N3O7/c1-23(2,3)18(25-22(30)31)20(29)26-11-7-10-16(26)19(28)24-15-12-17(27)33-21(15)32-13-14-8-5-4-6-9-14/h4-6,8-9,15-16,18,21,25H,7,10-13H2,1-3H3,(H,24,28)(H,30,31). The number of carboxylic acid groups (broad SMARTS) is 1. The number of hydrogen-bond acceptors (Lipinski definition) is 6. The predicted octanol–water partition coefficient (Wildman–Crippen LogP) is 1.63. The summed E-state index contributed by atoms with van der Waals surface area (Å²) in [5, 5.41) is 14.3. The molecule has 10 nitrogen and oxygen atoms in total. The third kappa shape index (κ3) is 6.22. The van der Waals surface area contributed by atoms with Crippen LogP contribution in [0.15, 0.2) is 30.3 Å².